The molecule has 0 aliphatic heterocycles. The van der Waals surface area contributed by atoms with Crippen LogP contribution in [0.1, 0.15) is 0 Å². The first-order valence-electron chi connectivity index (χ1n) is 4.74. The molecule has 2 aromatic heterocycles. The molecule has 0 aliphatic rings. The standard InChI is InChI=1S/C8H6F5N5O/c9-7(10,8(11,12)13)1-19-6-17-4(14)3-5(18-6)16-2-15-3/h2H,1H2,(H3,14,15,16,17,18). The van der Waals surface area contributed by atoms with Crippen LogP contribution in [0.3, 0.4) is 0 Å². The molecule has 0 saturated carbocycles. The number of alkyl halides is 5. The number of rotatable bonds is 3. The van der Waals surface area contributed by atoms with Crippen LogP contribution in [0.15, 0.2) is 6.33 Å². The van der Waals surface area contributed by atoms with E-state index in [-0.39, 0.29) is 17.0 Å². The van der Waals surface area contributed by atoms with Gasteiger partial charge in [0.1, 0.15) is 5.52 Å². The lowest BCUT2D eigenvalue weighted by Crippen LogP contribution is -2.42. The Balaban J connectivity index is 2.18. The van der Waals surface area contributed by atoms with Gasteiger partial charge >= 0.3 is 18.1 Å². The number of nitrogens with two attached hydrogens (primary N) is 1. The van der Waals surface area contributed by atoms with E-state index in [0.717, 1.165) is 0 Å². The van der Waals surface area contributed by atoms with Crippen molar-refractivity contribution in [1.29, 1.82) is 0 Å². The Labute approximate surface area is 101 Å². The first-order chi connectivity index (χ1) is 8.71. The minimum absolute atomic E-state index is 0.00201. The molecule has 19 heavy (non-hydrogen) atoms. The summed E-state index contributed by atoms with van der Waals surface area (Å²) < 4.78 is 65.2. The molecule has 104 valence electrons. The van der Waals surface area contributed by atoms with Crippen molar-refractivity contribution in [2.24, 2.45) is 0 Å². The lowest BCUT2D eigenvalue weighted by atomic mass is 10.3. The zero-order chi connectivity index (χ0) is 14.3. The zero-order valence-electron chi connectivity index (χ0n) is 9.00. The number of hydrogen-bond donors (Lipinski definition) is 2. The second kappa shape index (κ2) is 4.17. The van der Waals surface area contributed by atoms with E-state index in [9.17, 15) is 22.0 Å². The summed E-state index contributed by atoms with van der Waals surface area (Å²) in [4.78, 5) is 13.2. The predicted octanol–water partition coefficient (Wildman–Crippen LogP) is 1.51. The summed E-state index contributed by atoms with van der Waals surface area (Å²) in [6.07, 6.45) is -4.50. The summed E-state index contributed by atoms with van der Waals surface area (Å²) in [7, 11) is 0. The number of aromatic amines is 1. The second-order valence-corrected chi connectivity index (χ2v) is 3.48. The van der Waals surface area contributed by atoms with Gasteiger partial charge in [-0.15, -0.1) is 0 Å². The van der Waals surface area contributed by atoms with Crippen LogP contribution in [0.5, 0.6) is 6.01 Å². The molecule has 0 unspecified atom stereocenters. The van der Waals surface area contributed by atoms with Crippen molar-refractivity contribution in [3.63, 3.8) is 0 Å². The molecule has 6 nitrogen and oxygen atoms in total. The van der Waals surface area contributed by atoms with Crippen LogP contribution >= 0.6 is 0 Å². The van der Waals surface area contributed by atoms with Gasteiger partial charge in [0.25, 0.3) is 0 Å². The second-order valence-electron chi connectivity index (χ2n) is 3.48. The molecular formula is C8H6F5N5O. The van der Waals surface area contributed by atoms with Gasteiger partial charge in [-0.3, -0.25) is 0 Å². The minimum Gasteiger partial charge on any atom is -0.457 e. The number of nitrogen functional groups attached to an aromatic ring is 1. The fourth-order valence-electron chi connectivity index (χ4n) is 1.14. The first-order valence-corrected chi connectivity index (χ1v) is 4.74. The molecule has 0 aromatic carbocycles. The molecule has 2 rings (SSSR count). The summed E-state index contributed by atoms with van der Waals surface area (Å²) in [5.41, 5.74) is 5.64. The van der Waals surface area contributed by atoms with E-state index < -0.39 is 24.7 Å². The third-order valence-electron chi connectivity index (χ3n) is 2.09. The van der Waals surface area contributed by atoms with Crippen molar-refractivity contribution in [1.82, 2.24) is 19.9 Å². The monoisotopic (exact) mass is 283 g/mol. The van der Waals surface area contributed by atoms with Crippen LogP contribution in [-0.4, -0.2) is 38.6 Å². The van der Waals surface area contributed by atoms with Crippen LogP contribution < -0.4 is 10.5 Å². The zero-order valence-corrected chi connectivity index (χ0v) is 9.00. The average Bonchev–Trinajstić information content (AvgIpc) is 2.73. The van der Waals surface area contributed by atoms with Crippen LogP contribution in [0, 0.1) is 0 Å². The van der Waals surface area contributed by atoms with E-state index in [2.05, 4.69) is 24.7 Å². The maximum atomic E-state index is 12.6. The third-order valence-corrected chi connectivity index (χ3v) is 2.09. The molecule has 0 saturated heterocycles. The number of hydrogen-bond acceptors (Lipinski definition) is 5. The lowest BCUT2D eigenvalue weighted by molar-refractivity contribution is -0.290. The maximum absolute atomic E-state index is 12.6. The lowest BCUT2D eigenvalue weighted by Gasteiger charge is -2.18. The predicted molar refractivity (Wildman–Crippen MR) is 52.6 cm³/mol. The Morgan fingerprint density at radius 3 is 2.53 bits per heavy atom. The van der Waals surface area contributed by atoms with Crippen molar-refractivity contribution in [2.45, 2.75) is 12.1 Å². The summed E-state index contributed by atoms with van der Waals surface area (Å²) >= 11 is 0. The van der Waals surface area contributed by atoms with E-state index >= 15 is 0 Å². The largest absolute Gasteiger partial charge is 0.457 e. The Morgan fingerprint density at radius 1 is 1.21 bits per heavy atom. The molecule has 11 heteroatoms. The number of nitrogens with one attached hydrogen (secondary N) is 1. The number of halogens is 5. The number of aromatic nitrogens is 4. The highest BCUT2D eigenvalue weighted by Gasteiger charge is 2.58. The number of H-pyrrole nitrogens is 1. The van der Waals surface area contributed by atoms with Gasteiger partial charge in [0.15, 0.2) is 18.1 Å². The Kier molecular flexibility index (Phi) is 2.91. The Hall–Kier alpha value is -2.20. The number of imidazole rings is 1. The highest BCUT2D eigenvalue weighted by molar-refractivity contribution is 5.81. The molecule has 0 atom stereocenters. The molecule has 0 spiro atoms. The van der Waals surface area contributed by atoms with Gasteiger partial charge in [-0.2, -0.15) is 31.9 Å². The fourth-order valence-corrected chi connectivity index (χ4v) is 1.14. The number of fused-ring (bicyclic) bond motifs is 1. The van der Waals surface area contributed by atoms with Crippen LogP contribution in [0.2, 0.25) is 0 Å². The average molecular weight is 283 g/mol. The van der Waals surface area contributed by atoms with Crippen molar-refractivity contribution >= 4 is 17.0 Å². The van der Waals surface area contributed by atoms with Crippen molar-refractivity contribution in [3.8, 4) is 6.01 Å². The van der Waals surface area contributed by atoms with Crippen LogP contribution in [0.25, 0.3) is 11.2 Å². The molecule has 0 fully saturated rings. The van der Waals surface area contributed by atoms with Crippen molar-refractivity contribution in [2.75, 3.05) is 12.3 Å². The highest BCUT2D eigenvalue weighted by Crippen LogP contribution is 2.35. The fraction of sp³-hybridized carbons (Fsp3) is 0.375. The summed E-state index contributed by atoms with van der Waals surface area (Å²) in [6.45, 7) is -1.94. The van der Waals surface area contributed by atoms with E-state index in [0.29, 0.717) is 0 Å². The molecule has 2 aromatic rings. The van der Waals surface area contributed by atoms with Crippen molar-refractivity contribution in [3.05, 3.63) is 6.33 Å². The van der Waals surface area contributed by atoms with Crippen LogP contribution in [-0.2, 0) is 0 Å². The SMILES string of the molecule is Nc1nc(OCC(F)(F)C(F)(F)F)nc2nc[nH]c12. The summed E-state index contributed by atoms with van der Waals surface area (Å²) in [5, 5.41) is 0. The minimum atomic E-state index is -5.71. The van der Waals surface area contributed by atoms with Gasteiger partial charge in [0, 0.05) is 0 Å². The van der Waals surface area contributed by atoms with Gasteiger partial charge in [-0.05, 0) is 0 Å². The molecule has 0 amide bonds. The summed E-state index contributed by atoms with van der Waals surface area (Å²) in [5.74, 6) is -5.18. The normalized spacial score (nSPS) is 12.9. The molecule has 3 N–H and O–H groups in total. The van der Waals surface area contributed by atoms with Crippen LogP contribution in [0.4, 0.5) is 27.8 Å². The smallest absolute Gasteiger partial charge is 0.456 e. The Bertz CT molecular complexity index is 595. The van der Waals surface area contributed by atoms with Crippen molar-refractivity contribution < 1.29 is 26.7 Å². The van der Waals surface area contributed by atoms with E-state index in [1.54, 1.807) is 0 Å². The number of nitrogens with zero attached hydrogens (tertiary/aromatic N) is 3. The number of ether oxygens (including phenoxy) is 1. The summed E-state index contributed by atoms with van der Waals surface area (Å²) in [6, 6.07) is -0.707. The molecular weight excluding hydrogens is 277 g/mol. The third kappa shape index (κ3) is 2.48. The van der Waals surface area contributed by atoms with Gasteiger partial charge < -0.3 is 15.5 Å². The Morgan fingerprint density at radius 2 is 1.89 bits per heavy atom. The molecule has 0 aliphatic carbocycles. The van der Waals surface area contributed by atoms with E-state index in [4.69, 9.17) is 5.73 Å². The van der Waals surface area contributed by atoms with Gasteiger partial charge in [-0.25, -0.2) is 4.98 Å². The number of anilines is 1. The van der Waals surface area contributed by atoms with Gasteiger partial charge in [0.2, 0.25) is 0 Å². The molecule has 0 radical (unpaired) electrons. The van der Waals surface area contributed by atoms with E-state index in [1.807, 2.05) is 0 Å². The maximum Gasteiger partial charge on any atom is 0.456 e. The van der Waals surface area contributed by atoms with Gasteiger partial charge in [-0.1, -0.05) is 0 Å². The van der Waals surface area contributed by atoms with Gasteiger partial charge in [0.05, 0.1) is 6.33 Å². The highest BCUT2D eigenvalue weighted by atomic mass is 19.4. The topological polar surface area (TPSA) is 89.7 Å². The quantitative estimate of drug-likeness (QED) is 0.833. The molecule has 2 heterocycles. The van der Waals surface area contributed by atoms with E-state index in [1.165, 1.54) is 6.33 Å². The molecule has 0 bridgehead atoms. The first kappa shape index (κ1) is 13.2.